The molecule has 2 heterocycles. The van der Waals surface area contributed by atoms with Crippen molar-refractivity contribution in [2.45, 2.75) is 57.0 Å². The number of likely N-dealkylation sites (tertiary alicyclic amines) is 2. The smallest absolute Gasteiger partial charge is 0.225 e. The molecule has 1 saturated carbocycles. The van der Waals surface area contributed by atoms with Crippen molar-refractivity contribution in [3.05, 3.63) is 29.8 Å². The molecular formula is C25H39N5O2. The molecule has 0 spiro atoms. The number of hydrogen-bond donors (Lipinski definition) is 2. The summed E-state index contributed by atoms with van der Waals surface area (Å²) in [5.41, 5.74) is 1.27. The van der Waals surface area contributed by atoms with Crippen LogP contribution in [-0.2, 0) is 4.79 Å². The average Bonchev–Trinajstić information content (AvgIpc) is 3.61. The highest BCUT2D eigenvalue weighted by Gasteiger charge is 2.32. The summed E-state index contributed by atoms with van der Waals surface area (Å²) < 4.78 is 5.46. The molecule has 1 amide bonds. The summed E-state index contributed by atoms with van der Waals surface area (Å²) >= 11 is 0. The van der Waals surface area contributed by atoms with Crippen LogP contribution in [0, 0.1) is 5.92 Å². The Bertz CT molecular complexity index is 786. The number of nitrogens with one attached hydrogen (secondary N) is 2. The molecule has 1 aliphatic carbocycles. The fraction of sp³-hybridized carbons (Fsp3) is 0.680. The van der Waals surface area contributed by atoms with E-state index >= 15 is 0 Å². The summed E-state index contributed by atoms with van der Waals surface area (Å²) in [5.74, 6) is 2.33. The molecular weight excluding hydrogens is 402 g/mol. The molecule has 4 rings (SSSR count). The summed E-state index contributed by atoms with van der Waals surface area (Å²) in [4.78, 5) is 21.8. The molecule has 2 aliphatic heterocycles. The zero-order valence-electron chi connectivity index (χ0n) is 19.7. The number of hydrogen-bond acceptors (Lipinski definition) is 4. The van der Waals surface area contributed by atoms with Gasteiger partial charge in [-0.1, -0.05) is 25.0 Å². The van der Waals surface area contributed by atoms with Crippen molar-refractivity contribution < 1.29 is 9.53 Å². The Morgan fingerprint density at radius 2 is 1.94 bits per heavy atom. The Morgan fingerprint density at radius 1 is 1.16 bits per heavy atom. The second kappa shape index (κ2) is 11.0. The number of amides is 1. The Hall–Kier alpha value is -2.28. The maximum Gasteiger partial charge on any atom is 0.225 e. The van der Waals surface area contributed by atoms with E-state index in [1.165, 1.54) is 31.2 Å². The van der Waals surface area contributed by atoms with E-state index in [4.69, 9.17) is 4.74 Å². The second-order valence-electron chi connectivity index (χ2n) is 9.38. The number of benzene rings is 1. The van der Waals surface area contributed by atoms with Gasteiger partial charge < -0.3 is 20.3 Å². The van der Waals surface area contributed by atoms with Crippen molar-refractivity contribution in [2.75, 3.05) is 46.9 Å². The molecule has 3 aliphatic rings. The van der Waals surface area contributed by atoms with E-state index in [9.17, 15) is 4.79 Å². The lowest BCUT2D eigenvalue weighted by molar-refractivity contribution is -0.134. The third-order valence-electron chi connectivity index (χ3n) is 7.29. The van der Waals surface area contributed by atoms with Gasteiger partial charge >= 0.3 is 0 Å². The summed E-state index contributed by atoms with van der Waals surface area (Å²) in [6.07, 6.45) is 8.02. The number of nitrogens with zero attached hydrogens (tertiary/aromatic N) is 3. The van der Waals surface area contributed by atoms with Gasteiger partial charge in [0.25, 0.3) is 0 Å². The zero-order valence-corrected chi connectivity index (χ0v) is 19.7. The monoisotopic (exact) mass is 441 g/mol. The SMILES string of the molecule is CN=C(NCC(c1cccc(OC)c1)N1CCCC1)NC1CCN(C(=O)C2CCCC2)C1. The largest absolute Gasteiger partial charge is 0.497 e. The van der Waals surface area contributed by atoms with Crippen molar-refractivity contribution in [1.29, 1.82) is 0 Å². The first kappa shape index (κ1) is 22.9. The van der Waals surface area contributed by atoms with Crippen LogP contribution in [0.15, 0.2) is 29.3 Å². The Labute approximate surface area is 192 Å². The Morgan fingerprint density at radius 3 is 2.66 bits per heavy atom. The lowest BCUT2D eigenvalue weighted by Gasteiger charge is -2.29. The molecule has 2 unspecified atom stereocenters. The summed E-state index contributed by atoms with van der Waals surface area (Å²) in [6, 6.07) is 8.93. The van der Waals surface area contributed by atoms with Gasteiger partial charge in [-0.25, -0.2) is 0 Å². The predicted octanol–water partition coefficient (Wildman–Crippen LogP) is 2.79. The molecule has 1 aromatic carbocycles. The fourth-order valence-corrected chi connectivity index (χ4v) is 5.45. The molecule has 2 atom stereocenters. The van der Waals surface area contributed by atoms with Crippen LogP contribution in [0.25, 0.3) is 0 Å². The Balaban J connectivity index is 1.33. The zero-order chi connectivity index (χ0) is 22.3. The number of rotatable bonds is 7. The van der Waals surface area contributed by atoms with Gasteiger partial charge in [0, 0.05) is 38.6 Å². The van der Waals surface area contributed by atoms with Gasteiger partial charge in [0.15, 0.2) is 5.96 Å². The standard InChI is InChI=1S/C25H39N5O2/c1-26-25(28-21-12-15-30(18-21)24(31)19-8-3-4-9-19)27-17-23(29-13-5-6-14-29)20-10-7-11-22(16-20)32-2/h7,10-11,16,19,21,23H,3-6,8-9,12-15,17-18H2,1-2H3,(H2,26,27,28). The summed E-state index contributed by atoms with van der Waals surface area (Å²) in [7, 11) is 3.54. The number of carbonyl (C=O) groups is 1. The molecule has 0 radical (unpaired) electrons. The van der Waals surface area contributed by atoms with Gasteiger partial charge in [-0.3, -0.25) is 14.7 Å². The predicted molar refractivity (Wildman–Crippen MR) is 128 cm³/mol. The topological polar surface area (TPSA) is 69.2 Å². The Kier molecular flexibility index (Phi) is 7.90. The maximum absolute atomic E-state index is 12.8. The third-order valence-corrected chi connectivity index (χ3v) is 7.29. The fourth-order valence-electron chi connectivity index (χ4n) is 5.45. The lowest BCUT2D eigenvalue weighted by atomic mass is 10.1. The molecule has 3 fully saturated rings. The highest BCUT2D eigenvalue weighted by atomic mass is 16.5. The van der Waals surface area contributed by atoms with E-state index < -0.39 is 0 Å². The van der Waals surface area contributed by atoms with Gasteiger partial charge in [0.05, 0.1) is 13.2 Å². The minimum Gasteiger partial charge on any atom is -0.497 e. The number of carbonyl (C=O) groups excluding carboxylic acids is 1. The van der Waals surface area contributed by atoms with Crippen molar-refractivity contribution in [3.63, 3.8) is 0 Å². The number of methoxy groups -OCH3 is 1. The van der Waals surface area contributed by atoms with Crippen molar-refractivity contribution in [3.8, 4) is 5.75 Å². The highest BCUT2D eigenvalue weighted by Crippen LogP contribution is 2.28. The van der Waals surface area contributed by atoms with Gasteiger partial charge in [-0.05, 0) is 62.9 Å². The molecule has 176 valence electrons. The van der Waals surface area contributed by atoms with Crippen LogP contribution in [-0.4, -0.2) is 74.6 Å². The maximum atomic E-state index is 12.8. The highest BCUT2D eigenvalue weighted by molar-refractivity contribution is 5.81. The molecule has 0 aromatic heterocycles. The van der Waals surface area contributed by atoms with Crippen LogP contribution >= 0.6 is 0 Å². The van der Waals surface area contributed by atoms with Crippen LogP contribution in [0.2, 0.25) is 0 Å². The molecule has 7 heteroatoms. The summed E-state index contributed by atoms with van der Waals surface area (Å²) in [5, 5.41) is 7.12. The molecule has 32 heavy (non-hydrogen) atoms. The van der Waals surface area contributed by atoms with Crippen molar-refractivity contribution >= 4 is 11.9 Å². The number of aliphatic imine (C=N–C) groups is 1. The first-order valence-corrected chi connectivity index (χ1v) is 12.3. The minimum absolute atomic E-state index is 0.258. The second-order valence-corrected chi connectivity index (χ2v) is 9.38. The van der Waals surface area contributed by atoms with Crippen LogP contribution in [0.3, 0.4) is 0 Å². The van der Waals surface area contributed by atoms with E-state index in [0.717, 1.165) is 63.7 Å². The van der Waals surface area contributed by atoms with Gasteiger partial charge in [0.1, 0.15) is 5.75 Å². The van der Waals surface area contributed by atoms with Gasteiger partial charge in [-0.15, -0.1) is 0 Å². The van der Waals surface area contributed by atoms with Crippen LogP contribution in [0.1, 0.15) is 56.6 Å². The lowest BCUT2D eigenvalue weighted by Crippen LogP contribution is -2.47. The van der Waals surface area contributed by atoms with Gasteiger partial charge in [-0.2, -0.15) is 0 Å². The summed E-state index contributed by atoms with van der Waals surface area (Å²) in [6.45, 7) is 4.66. The van der Waals surface area contributed by atoms with Gasteiger partial charge in [0.2, 0.25) is 5.91 Å². The van der Waals surface area contributed by atoms with E-state index in [2.05, 4.69) is 43.6 Å². The van der Waals surface area contributed by atoms with Crippen LogP contribution in [0.4, 0.5) is 0 Å². The molecule has 0 bridgehead atoms. The molecule has 1 aromatic rings. The average molecular weight is 442 g/mol. The number of ether oxygens (including phenoxy) is 1. The van der Waals surface area contributed by atoms with E-state index in [0.29, 0.717) is 5.91 Å². The molecule has 2 saturated heterocycles. The van der Waals surface area contributed by atoms with E-state index in [1.54, 1.807) is 7.11 Å². The van der Waals surface area contributed by atoms with Crippen LogP contribution in [0.5, 0.6) is 5.75 Å². The first-order chi connectivity index (χ1) is 15.7. The third kappa shape index (κ3) is 5.55. The number of guanidine groups is 1. The van der Waals surface area contributed by atoms with Crippen molar-refractivity contribution in [1.82, 2.24) is 20.4 Å². The molecule has 2 N–H and O–H groups in total. The van der Waals surface area contributed by atoms with E-state index in [1.807, 2.05) is 13.1 Å². The van der Waals surface area contributed by atoms with Crippen molar-refractivity contribution in [2.24, 2.45) is 10.9 Å². The normalized spacial score (nSPS) is 23.5. The minimum atomic E-state index is 0.258. The first-order valence-electron chi connectivity index (χ1n) is 12.3. The molecule has 7 nitrogen and oxygen atoms in total. The van der Waals surface area contributed by atoms with Crippen LogP contribution < -0.4 is 15.4 Å². The quantitative estimate of drug-likeness (QED) is 0.503. The van der Waals surface area contributed by atoms with E-state index in [-0.39, 0.29) is 18.0 Å².